The monoisotopic (exact) mass is 299 g/mol. The summed E-state index contributed by atoms with van der Waals surface area (Å²) in [6.45, 7) is 4.01. The van der Waals surface area contributed by atoms with Crippen LogP contribution in [0.3, 0.4) is 0 Å². The van der Waals surface area contributed by atoms with Gasteiger partial charge in [-0.25, -0.2) is 17.9 Å². The first-order chi connectivity index (χ1) is 9.95. The fourth-order valence-corrected chi connectivity index (χ4v) is 2.00. The summed E-state index contributed by atoms with van der Waals surface area (Å²) in [5.41, 5.74) is 0.143. The SMILES string of the molecule is CC(C)CCn1nnc(CO)c1-c1ccc(F)c(F)c1F. The summed E-state index contributed by atoms with van der Waals surface area (Å²) in [6.07, 6.45) is 0.756. The molecule has 7 heteroatoms. The van der Waals surface area contributed by atoms with E-state index in [1.54, 1.807) is 0 Å². The van der Waals surface area contributed by atoms with Crippen molar-refractivity contribution in [2.24, 2.45) is 5.92 Å². The van der Waals surface area contributed by atoms with E-state index in [1.807, 2.05) is 13.8 Å². The Morgan fingerprint density at radius 1 is 1.19 bits per heavy atom. The topological polar surface area (TPSA) is 50.9 Å². The number of aliphatic hydroxyl groups is 1. The van der Waals surface area contributed by atoms with Crippen molar-refractivity contribution in [1.29, 1.82) is 0 Å². The average Bonchev–Trinajstić information content (AvgIpc) is 2.85. The number of benzene rings is 1. The van der Waals surface area contributed by atoms with E-state index < -0.39 is 24.1 Å². The lowest BCUT2D eigenvalue weighted by atomic mass is 10.1. The Labute approximate surface area is 120 Å². The van der Waals surface area contributed by atoms with Gasteiger partial charge in [-0.1, -0.05) is 19.1 Å². The highest BCUT2D eigenvalue weighted by Crippen LogP contribution is 2.28. The first kappa shape index (κ1) is 15.5. The Morgan fingerprint density at radius 2 is 1.90 bits per heavy atom. The molecule has 0 aliphatic heterocycles. The van der Waals surface area contributed by atoms with Crippen LogP contribution in [0.2, 0.25) is 0 Å². The van der Waals surface area contributed by atoms with E-state index in [0.29, 0.717) is 12.5 Å². The molecule has 0 aliphatic rings. The summed E-state index contributed by atoms with van der Waals surface area (Å²) in [6, 6.07) is 1.96. The number of aromatic nitrogens is 3. The molecule has 0 saturated carbocycles. The van der Waals surface area contributed by atoms with E-state index in [0.717, 1.165) is 18.6 Å². The van der Waals surface area contributed by atoms with Crippen molar-refractivity contribution in [3.8, 4) is 11.3 Å². The molecule has 2 aromatic rings. The van der Waals surface area contributed by atoms with Gasteiger partial charge < -0.3 is 5.11 Å². The molecule has 0 amide bonds. The summed E-state index contributed by atoms with van der Waals surface area (Å²) in [4.78, 5) is 0. The normalized spacial score (nSPS) is 11.4. The van der Waals surface area contributed by atoms with E-state index in [2.05, 4.69) is 10.3 Å². The highest BCUT2D eigenvalue weighted by molar-refractivity contribution is 5.62. The van der Waals surface area contributed by atoms with E-state index >= 15 is 0 Å². The standard InChI is InChI=1S/C14H16F3N3O/c1-8(2)5-6-20-14(11(7-21)18-19-20)9-3-4-10(15)13(17)12(9)16/h3-4,8,21H,5-7H2,1-2H3. The third kappa shape index (κ3) is 3.07. The molecule has 21 heavy (non-hydrogen) atoms. The van der Waals surface area contributed by atoms with Crippen LogP contribution in [0.5, 0.6) is 0 Å². The van der Waals surface area contributed by atoms with Gasteiger partial charge in [-0.3, -0.25) is 0 Å². The predicted molar refractivity (Wildman–Crippen MR) is 70.7 cm³/mol. The van der Waals surface area contributed by atoms with Gasteiger partial charge >= 0.3 is 0 Å². The summed E-state index contributed by atoms with van der Waals surface area (Å²) < 4.78 is 41.8. The Balaban J connectivity index is 2.51. The van der Waals surface area contributed by atoms with Crippen molar-refractivity contribution in [3.63, 3.8) is 0 Å². The van der Waals surface area contributed by atoms with Crippen LogP contribution in [-0.2, 0) is 13.2 Å². The molecule has 0 atom stereocenters. The number of hydrogen-bond donors (Lipinski definition) is 1. The molecule has 0 spiro atoms. The summed E-state index contributed by atoms with van der Waals surface area (Å²) in [5.74, 6) is -3.73. The average molecular weight is 299 g/mol. The minimum atomic E-state index is -1.55. The van der Waals surface area contributed by atoms with Crippen molar-refractivity contribution >= 4 is 0 Å². The van der Waals surface area contributed by atoms with E-state index in [9.17, 15) is 18.3 Å². The van der Waals surface area contributed by atoms with Gasteiger partial charge in [0.05, 0.1) is 12.3 Å². The smallest absolute Gasteiger partial charge is 0.195 e. The molecule has 4 nitrogen and oxygen atoms in total. The van der Waals surface area contributed by atoms with Crippen LogP contribution in [0, 0.1) is 23.4 Å². The molecule has 1 aromatic carbocycles. The maximum atomic E-state index is 14.0. The number of rotatable bonds is 5. The lowest BCUT2D eigenvalue weighted by molar-refractivity contribution is 0.277. The lowest BCUT2D eigenvalue weighted by Gasteiger charge is -2.10. The van der Waals surface area contributed by atoms with Gasteiger partial charge in [0.1, 0.15) is 5.69 Å². The van der Waals surface area contributed by atoms with Crippen LogP contribution < -0.4 is 0 Å². The quantitative estimate of drug-likeness (QED) is 0.864. The summed E-state index contributed by atoms with van der Waals surface area (Å²) in [5, 5.41) is 16.9. The Kier molecular flexibility index (Phi) is 4.62. The van der Waals surface area contributed by atoms with Gasteiger partial charge in [-0.2, -0.15) is 0 Å². The van der Waals surface area contributed by atoms with Crippen LogP contribution in [0.4, 0.5) is 13.2 Å². The second-order valence-corrected chi connectivity index (χ2v) is 5.17. The number of nitrogens with zero attached hydrogens (tertiary/aromatic N) is 3. The second kappa shape index (κ2) is 6.26. The van der Waals surface area contributed by atoms with Gasteiger partial charge in [0.15, 0.2) is 17.5 Å². The first-order valence-corrected chi connectivity index (χ1v) is 6.62. The zero-order valence-corrected chi connectivity index (χ0v) is 11.8. The molecular formula is C14H16F3N3O. The van der Waals surface area contributed by atoms with Crippen LogP contribution in [0.1, 0.15) is 26.0 Å². The molecule has 114 valence electrons. The van der Waals surface area contributed by atoms with Crippen LogP contribution in [-0.4, -0.2) is 20.1 Å². The summed E-state index contributed by atoms with van der Waals surface area (Å²) in [7, 11) is 0. The highest BCUT2D eigenvalue weighted by atomic mass is 19.2. The van der Waals surface area contributed by atoms with Crippen LogP contribution in [0.25, 0.3) is 11.3 Å². The van der Waals surface area contributed by atoms with Gasteiger partial charge in [-0.05, 0) is 24.5 Å². The molecule has 1 aromatic heterocycles. The molecule has 2 rings (SSSR count). The number of aliphatic hydroxyl groups excluding tert-OH is 1. The minimum Gasteiger partial charge on any atom is -0.390 e. The van der Waals surface area contributed by atoms with Crippen molar-refractivity contribution in [3.05, 3.63) is 35.3 Å². The van der Waals surface area contributed by atoms with Crippen LogP contribution in [0.15, 0.2) is 12.1 Å². The molecule has 0 unspecified atom stereocenters. The van der Waals surface area contributed by atoms with Crippen molar-refractivity contribution in [1.82, 2.24) is 15.0 Å². The molecule has 1 heterocycles. The lowest BCUT2D eigenvalue weighted by Crippen LogP contribution is -2.07. The molecule has 0 saturated heterocycles. The fourth-order valence-electron chi connectivity index (χ4n) is 2.00. The van der Waals surface area contributed by atoms with Gasteiger partial charge in [0, 0.05) is 12.1 Å². The third-order valence-electron chi connectivity index (χ3n) is 3.16. The summed E-state index contributed by atoms with van der Waals surface area (Å²) >= 11 is 0. The van der Waals surface area contributed by atoms with Gasteiger partial charge in [0.25, 0.3) is 0 Å². The van der Waals surface area contributed by atoms with Crippen LogP contribution >= 0.6 is 0 Å². The molecule has 0 radical (unpaired) electrons. The van der Waals surface area contributed by atoms with Gasteiger partial charge in [-0.15, -0.1) is 5.10 Å². The fraction of sp³-hybridized carbons (Fsp3) is 0.429. The minimum absolute atomic E-state index is 0.128. The third-order valence-corrected chi connectivity index (χ3v) is 3.16. The van der Waals surface area contributed by atoms with E-state index in [4.69, 9.17) is 0 Å². The largest absolute Gasteiger partial charge is 0.390 e. The number of halogens is 3. The maximum absolute atomic E-state index is 14.0. The molecular weight excluding hydrogens is 283 g/mol. The zero-order chi connectivity index (χ0) is 15.6. The van der Waals surface area contributed by atoms with Gasteiger partial charge in [0.2, 0.25) is 0 Å². The van der Waals surface area contributed by atoms with Crippen molar-refractivity contribution < 1.29 is 18.3 Å². The molecule has 0 fully saturated rings. The first-order valence-electron chi connectivity index (χ1n) is 6.62. The maximum Gasteiger partial charge on any atom is 0.195 e. The molecule has 0 bridgehead atoms. The Morgan fingerprint density at radius 3 is 2.52 bits per heavy atom. The van der Waals surface area contributed by atoms with Crippen molar-refractivity contribution in [2.75, 3.05) is 0 Å². The Hall–Kier alpha value is -1.89. The number of hydrogen-bond acceptors (Lipinski definition) is 3. The number of aryl methyl sites for hydroxylation is 1. The Bertz CT molecular complexity index is 641. The predicted octanol–water partition coefficient (Wildman–Crippen LogP) is 2.90. The molecule has 0 aliphatic carbocycles. The highest BCUT2D eigenvalue weighted by Gasteiger charge is 2.21. The van der Waals surface area contributed by atoms with E-state index in [1.165, 1.54) is 4.68 Å². The van der Waals surface area contributed by atoms with E-state index in [-0.39, 0.29) is 17.0 Å². The van der Waals surface area contributed by atoms with Crippen molar-refractivity contribution in [2.45, 2.75) is 33.4 Å². The second-order valence-electron chi connectivity index (χ2n) is 5.17. The zero-order valence-electron chi connectivity index (χ0n) is 11.8. The molecule has 1 N–H and O–H groups in total.